The van der Waals surface area contributed by atoms with Crippen molar-refractivity contribution in [2.45, 2.75) is 72.1 Å². The van der Waals surface area contributed by atoms with Crippen LogP contribution in [0.5, 0.6) is 5.75 Å². The number of esters is 2. The molecule has 0 saturated heterocycles. The van der Waals surface area contributed by atoms with Crippen LogP contribution in [0.3, 0.4) is 0 Å². The number of hydrogen-bond acceptors (Lipinski definition) is 8. The van der Waals surface area contributed by atoms with E-state index in [-0.39, 0.29) is 37.6 Å². The van der Waals surface area contributed by atoms with Gasteiger partial charge >= 0.3 is 11.9 Å². The molecular weight excluding hydrogens is 610 g/mol. The van der Waals surface area contributed by atoms with E-state index in [4.69, 9.17) is 25.8 Å². The quantitative estimate of drug-likeness (QED) is 0.377. The Morgan fingerprint density at radius 1 is 1.13 bits per heavy atom. The summed E-state index contributed by atoms with van der Waals surface area (Å²) in [5.41, 5.74) is 0.375. The fourth-order valence-electron chi connectivity index (χ4n) is 4.68. The predicted octanol–water partition coefficient (Wildman–Crippen LogP) is 5.09. The molecule has 2 heterocycles. The Labute approximate surface area is 275 Å². The van der Waals surface area contributed by atoms with E-state index < -0.39 is 47.4 Å². The molecule has 3 rings (SSSR count). The first kappa shape index (κ1) is 36.3. The zero-order valence-electron chi connectivity index (χ0n) is 27.2. The van der Waals surface area contributed by atoms with Gasteiger partial charge in [0.1, 0.15) is 17.9 Å². The van der Waals surface area contributed by atoms with Crippen LogP contribution in [0.4, 0.5) is 0 Å². The Balaban J connectivity index is 1.93. The highest BCUT2D eigenvalue weighted by molar-refractivity contribution is 6.32. The number of carbonyl (C=O) groups excluding carboxylic acids is 4. The summed E-state index contributed by atoms with van der Waals surface area (Å²) in [6.07, 6.45) is 8.83. The van der Waals surface area contributed by atoms with E-state index in [2.05, 4.69) is 15.6 Å². The number of methoxy groups -OCH3 is 1. The molecule has 248 valence electrons. The Bertz CT molecular complexity index is 1420. The van der Waals surface area contributed by atoms with Crippen molar-refractivity contribution < 1.29 is 33.4 Å². The van der Waals surface area contributed by atoms with E-state index in [1.54, 1.807) is 50.5 Å². The van der Waals surface area contributed by atoms with Gasteiger partial charge in [0.2, 0.25) is 11.8 Å². The van der Waals surface area contributed by atoms with Gasteiger partial charge in [-0.1, -0.05) is 62.7 Å². The molecule has 10 nitrogen and oxygen atoms in total. The molecule has 2 amide bonds. The van der Waals surface area contributed by atoms with Gasteiger partial charge in [0.15, 0.2) is 6.10 Å². The summed E-state index contributed by atoms with van der Waals surface area (Å²) in [6, 6.07) is 7.85. The third-order valence-electron chi connectivity index (χ3n) is 7.51. The number of ether oxygens (including phenoxy) is 3. The van der Waals surface area contributed by atoms with Crippen molar-refractivity contribution in [1.29, 1.82) is 0 Å². The zero-order chi connectivity index (χ0) is 33.9. The predicted molar refractivity (Wildman–Crippen MR) is 176 cm³/mol. The maximum Gasteiger partial charge on any atom is 0.347 e. The number of aromatic nitrogens is 1. The lowest BCUT2D eigenvalue weighted by molar-refractivity contribution is -0.178. The topological polar surface area (TPSA) is 133 Å². The van der Waals surface area contributed by atoms with Gasteiger partial charge in [-0.25, -0.2) is 4.79 Å². The van der Waals surface area contributed by atoms with E-state index in [0.717, 1.165) is 5.56 Å². The highest BCUT2D eigenvalue weighted by Gasteiger charge is 2.37. The molecule has 46 heavy (non-hydrogen) atoms. The lowest BCUT2D eigenvalue weighted by Gasteiger charge is -2.29. The molecule has 1 aliphatic rings. The maximum atomic E-state index is 13.5. The summed E-state index contributed by atoms with van der Waals surface area (Å²) in [5.74, 6) is -2.10. The van der Waals surface area contributed by atoms with E-state index in [1.165, 1.54) is 13.2 Å². The second-order valence-electron chi connectivity index (χ2n) is 12.5. The summed E-state index contributed by atoms with van der Waals surface area (Å²) in [5, 5.41) is 5.89. The Morgan fingerprint density at radius 2 is 1.89 bits per heavy atom. The molecule has 1 aliphatic heterocycles. The Kier molecular flexibility index (Phi) is 13.4. The SMILES string of the molecule is COc1ccc(C[C@H]2NC(=O)/C=C\C[C@@H]([C@H](C)/C=C/c3cccnc3)OC(=O)[C@H](CC(C)C)OC(=O)C(C)(C)CNC2=O)cc1Cl. The lowest BCUT2D eigenvalue weighted by Crippen LogP contribution is -2.51. The summed E-state index contributed by atoms with van der Waals surface area (Å²) in [6.45, 7) is 8.86. The summed E-state index contributed by atoms with van der Waals surface area (Å²) < 4.78 is 16.9. The molecule has 0 bridgehead atoms. The number of amides is 2. The van der Waals surface area contributed by atoms with Gasteiger partial charge < -0.3 is 24.8 Å². The number of rotatable bonds is 8. The number of nitrogens with zero attached hydrogens (tertiary/aromatic N) is 1. The highest BCUT2D eigenvalue weighted by atomic mass is 35.5. The van der Waals surface area contributed by atoms with Crippen molar-refractivity contribution in [3.63, 3.8) is 0 Å². The molecule has 0 radical (unpaired) electrons. The fourth-order valence-corrected chi connectivity index (χ4v) is 4.96. The second-order valence-corrected chi connectivity index (χ2v) is 12.9. The molecular formula is C35H44ClN3O7. The van der Waals surface area contributed by atoms with Crippen LogP contribution in [0.15, 0.2) is 61.0 Å². The molecule has 2 aromatic rings. The minimum atomic E-state index is -1.20. The standard InChI is InChI=1S/C35H44ClN3O7/c1-22(2)17-30-33(42)45-28(23(3)12-13-24-9-8-16-37-20-24)10-7-11-31(40)39-27(19-25-14-15-29(44-6)26(36)18-25)32(41)38-21-35(4,5)34(43)46-30/h7-9,11-16,18,20,22-23,27-28,30H,10,17,19,21H2,1-6H3,(H,38,41)(H,39,40)/b11-7-,13-12+/t23-,27-,28+,30+/m1/s1. The van der Waals surface area contributed by atoms with Crippen LogP contribution in [-0.4, -0.2) is 60.6 Å². The molecule has 1 aromatic heterocycles. The average molecular weight is 654 g/mol. The number of nitrogens with one attached hydrogen (secondary N) is 2. The molecule has 0 unspecified atom stereocenters. The third kappa shape index (κ3) is 11.0. The third-order valence-corrected chi connectivity index (χ3v) is 7.81. The normalized spacial score (nSPS) is 22.8. The van der Waals surface area contributed by atoms with Crippen molar-refractivity contribution in [2.75, 3.05) is 13.7 Å². The summed E-state index contributed by atoms with van der Waals surface area (Å²) >= 11 is 6.30. The Hall–Kier alpha value is -4.18. The molecule has 2 N–H and O–H groups in total. The number of pyridine rings is 1. The van der Waals surface area contributed by atoms with E-state index >= 15 is 0 Å². The first-order chi connectivity index (χ1) is 21.8. The van der Waals surface area contributed by atoms with Gasteiger partial charge in [-0.2, -0.15) is 0 Å². The van der Waals surface area contributed by atoms with Crippen LogP contribution >= 0.6 is 11.6 Å². The lowest BCUT2D eigenvalue weighted by atomic mass is 9.93. The van der Waals surface area contributed by atoms with Gasteiger partial charge in [0.05, 0.1) is 17.5 Å². The van der Waals surface area contributed by atoms with E-state index in [0.29, 0.717) is 16.3 Å². The maximum absolute atomic E-state index is 13.5. The van der Waals surface area contributed by atoms with Crippen molar-refractivity contribution in [2.24, 2.45) is 17.3 Å². The zero-order valence-corrected chi connectivity index (χ0v) is 28.0. The first-order valence-electron chi connectivity index (χ1n) is 15.4. The number of benzene rings is 1. The number of hydrogen-bond donors (Lipinski definition) is 2. The minimum Gasteiger partial charge on any atom is -0.495 e. The summed E-state index contributed by atoms with van der Waals surface area (Å²) in [7, 11) is 1.50. The number of carbonyl (C=O) groups is 4. The molecule has 0 spiro atoms. The van der Waals surface area contributed by atoms with Crippen LogP contribution in [0.2, 0.25) is 5.02 Å². The molecule has 0 aliphatic carbocycles. The Morgan fingerprint density at radius 3 is 2.54 bits per heavy atom. The van der Waals surface area contributed by atoms with Crippen LogP contribution < -0.4 is 15.4 Å². The summed E-state index contributed by atoms with van der Waals surface area (Å²) in [4.78, 5) is 57.4. The second kappa shape index (κ2) is 16.9. The number of halogens is 1. The number of cyclic esters (lactones) is 2. The van der Waals surface area contributed by atoms with Gasteiger partial charge in [-0.05, 0) is 61.6 Å². The van der Waals surface area contributed by atoms with Crippen LogP contribution in [0, 0.1) is 17.3 Å². The van der Waals surface area contributed by atoms with E-state index in [9.17, 15) is 19.2 Å². The van der Waals surface area contributed by atoms with Gasteiger partial charge in [-0.15, -0.1) is 0 Å². The van der Waals surface area contributed by atoms with Crippen molar-refractivity contribution >= 4 is 41.4 Å². The molecule has 11 heteroatoms. The van der Waals surface area contributed by atoms with E-state index in [1.807, 2.05) is 45.1 Å². The molecule has 1 aromatic carbocycles. The average Bonchev–Trinajstić information content (AvgIpc) is 3.01. The van der Waals surface area contributed by atoms with Crippen LogP contribution in [0.25, 0.3) is 6.08 Å². The minimum absolute atomic E-state index is 0.0240. The van der Waals surface area contributed by atoms with Gasteiger partial charge in [0, 0.05) is 37.7 Å². The largest absolute Gasteiger partial charge is 0.495 e. The molecule has 0 saturated carbocycles. The molecule has 4 atom stereocenters. The van der Waals surface area contributed by atoms with Crippen LogP contribution in [-0.2, 0) is 35.1 Å². The first-order valence-corrected chi connectivity index (χ1v) is 15.7. The van der Waals surface area contributed by atoms with Crippen molar-refractivity contribution in [3.05, 3.63) is 77.1 Å². The monoisotopic (exact) mass is 653 g/mol. The van der Waals surface area contributed by atoms with Crippen molar-refractivity contribution in [3.8, 4) is 5.75 Å². The molecule has 0 fully saturated rings. The fraction of sp³-hybridized carbons (Fsp3) is 0.457. The highest BCUT2D eigenvalue weighted by Crippen LogP contribution is 2.26. The van der Waals surface area contributed by atoms with Crippen LogP contribution in [0.1, 0.15) is 58.6 Å². The smallest absolute Gasteiger partial charge is 0.347 e. The van der Waals surface area contributed by atoms with Gasteiger partial charge in [-0.3, -0.25) is 19.4 Å². The van der Waals surface area contributed by atoms with Gasteiger partial charge in [0.25, 0.3) is 0 Å². The van der Waals surface area contributed by atoms with Crippen molar-refractivity contribution in [1.82, 2.24) is 15.6 Å².